The molecule has 0 N–H and O–H groups in total. The Labute approximate surface area is 279 Å². The Morgan fingerprint density at radius 1 is 0.583 bits per heavy atom. The van der Waals surface area contributed by atoms with E-state index in [0.717, 1.165) is 39.8 Å². The molecule has 0 radical (unpaired) electrons. The first kappa shape index (κ1) is 27.6. The molecule has 6 nitrogen and oxygen atoms in total. The van der Waals surface area contributed by atoms with Crippen LogP contribution >= 0.6 is 0 Å². The van der Waals surface area contributed by atoms with Crippen LogP contribution in [0, 0.1) is 35.0 Å². The van der Waals surface area contributed by atoms with Crippen LogP contribution in [-0.4, -0.2) is 24.9 Å². The van der Waals surface area contributed by atoms with Gasteiger partial charge in [0.1, 0.15) is 0 Å². The number of hydrogen-bond donors (Lipinski definition) is 0. The van der Waals surface area contributed by atoms with Crippen LogP contribution in [0.4, 0.5) is 0 Å². The fraction of sp³-hybridized carbons (Fsp3) is 0.238. The molecule has 5 aliphatic carbocycles. The van der Waals surface area contributed by atoms with E-state index in [9.17, 15) is 5.26 Å². The Morgan fingerprint density at radius 2 is 1.21 bits per heavy atom. The van der Waals surface area contributed by atoms with E-state index in [4.69, 9.17) is 19.9 Å². The molecular weight excluding hydrogens is 589 g/mol. The monoisotopic (exact) mass is 620 g/mol. The predicted octanol–water partition coefficient (Wildman–Crippen LogP) is 8.92. The molecule has 3 aromatic heterocycles. The van der Waals surface area contributed by atoms with E-state index < -0.39 is 0 Å². The van der Waals surface area contributed by atoms with Gasteiger partial charge in [0.05, 0.1) is 17.3 Å². The van der Waals surface area contributed by atoms with Gasteiger partial charge in [0.25, 0.3) is 0 Å². The van der Waals surface area contributed by atoms with Crippen LogP contribution in [0.25, 0.3) is 56.5 Å². The lowest BCUT2D eigenvalue weighted by Gasteiger charge is -2.61. The topological polar surface area (TPSA) is 88.2 Å². The Morgan fingerprint density at radius 3 is 1.92 bits per heavy atom. The van der Waals surface area contributed by atoms with Crippen molar-refractivity contribution in [1.29, 1.82) is 5.26 Å². The molecule has 230 valence electrons. The van der Waals surface area contributed by atoms with Gasteiger partial charge in [-0.25, -0.2) is 15.0 Å². The second kappa shape index (κ2) is 10.5. The first-order valence-electron chi connectivity index (χ1n) is 17.1. The molecular formula is C42H32N6. The van der Waals surface area contributed by atoms with Gasteiger partial charge in [-0.05, 0) is 109 Å². The minimum atomic E-state index is 0.0606. The quantitative estimate of drug-likeness (QED) is 0.196. The molecule has 0 saturated heterocycles. The first-order valence-corrected chi connectivity index (χ1v) is 17.1. The van der Waals surface area contributed by atoms with Crippen LogP contribution < -0.4 is 0 Å². The lowest BCUT2D eigenvalue weighted by Crippen LogP contribution is -2.55. The van der Waals surface area contributed by atoms with Gasteiger partial charge < -0.3 is 0 Å². The lowest BCUT2D eigenvalue weighted by atomic mass is 9.43. The zero-order valence-corrected chi connectivity index (χ0v) is 26.4. The standard InChI is InChI=1S/C42H32N6/c43-22-25-9-11-29(12-10-25)40-46-39(28-5-2-1-3-6-28)47-41(48-40)31-8-4-7-30(20-31)38-21-37-35(24-45-38)34-23-44-14-13-36(34)42(37)32-16-26-15-27(18-32)19-33(42)17-26/h1-14,20-21,23-24,26-27,32-33H,15-19H2. The van der Waals surface area contributed by atoms with Gasteiger partial charge in [0, 0.05) is 57.4 Å². The second-order valence-electron chi connectivity index (χ2n) is 14.2. The van der Waals surface area contributed by atoms with E-state index in [0.29, 0.717) is 34.9 Å². The SMILES string of the molecule is N#Cc1ccc(-c2nc(-c3ccccc3)nc(-c3cccc(-c4cc5c(cn4)-c4cnccc4C54C5CC6CC(C5)CC4C6)c3)n2)cc1. The van der Waals surface area contributed by atoms with Crippen molar-refractivity contribution in [2.45, 2.75) is 37.5 Å². The number of benzene rings is 3. The number of pyridine rings is 2. The second-order valence-corrected chi connectivity index (χ2v) is 14.2. The summed E-state index contributed by atoms with van der Waals surface area (Å²) in [6.07, 6.45) is 13.0. The number of hydrogen-bond acceptors (Lipinski definition) is 6. The van der Waals surface area contributed by atoms with E-state index >= 15 is 0 Å². The summed E-state index contributed by atoms with van der Waals surface area (Å²) in [5.41, 5.74) is 10.8. The van der Waals surface area contributed by atoms with Gasteiger partial charge in [-0.15, -0.1) is 0 Å². The molecule has 6 heteroatoms. The van der Waals surface area contributed by atoms with E-state index in [2.05, 4.69) is 59.8 Å². The summed E-state index contributed by atoms with van der Waals surface area (Å²) < 4.78 is 0. The van der Waals surface area contributed by atoms with Crippen molar-refractivity contribution in [3.05, 3.63) is 126 Å². The fourth-order valence-electron chi connectivity index (χ4n) is 9.95. The molecule has 0 aliphatic heterocycles. The van der Waals surface area contributed by atoms with Crippen LogP contribution in [0.3, 0.4) is 0 Å². The number of nitriles is 1. The molecule has 4 saturated carbocycles. The summed E-state index contributed by atoms with van der Waals surface area (Å²) in [6, 6.07) is 32.7. The summed E-state index contributed by atoms with van der Waals surface area (Å²) in [7, 11) is 0. The molecule has 6 aromatic rings. The summed E-state index contributed by atoms with van der Waals surface area (Å²) in [5.74, 6) is 4.92. The maximum atomic E-state index is 9.33. The smallest absolute Gasteiger partial charge is 0.164 e. The Bertz CT molecular complexity index is 2240. The van der Waals surface area contributed by atoms with E-state index in [1.807, 2.05) is 48.7 Å². The summed E-state index contributed by atoms with van der Waals surface area (Å²) in [5, 5.41) is 9.33. The maximum absolute atomic E-state index is 9.33. The van der Waals surface area contributed by atoms with E-state index in [-0.39, 0.29) is 5.41 Å². The zero-order valence-electron chi connectivity index (χ0n) is 26.4. The van der Waals surface area contributed by atoms with Crippen molar-refractivity contribution < 1.29 is 0 Å². The lowest BCUT2D eigenvalue weighted by molar-refractivity contribution is -0.0399. The van der Waals surface area contributed by atoms with Crippen molar-refractivity contribution >= 4 is 0 Å². The van der Waals surface area contributed by atoms with Gasteiger partial charge in [0.2, 0.25) is 0 Å². The van der Waals surface area contributed by atoms with E-state index in [1.54, 1.807) is 12.1 Å². The Balaban J connectivity index is 1.09. The van der Waals surface area contributed by atoms with Crippen molar-refractivity contribution in [3.63, 3.8) is 0 Å². The highest BCUT2D eigenvalue weighted by molar-refractivity contribution is 5.83. The first-order chi connectivity index (χ1) is 23.7. The van der Waals surface area contributed by atoms with Gasteiger partial charge >= 0.3 is 0 Å². The van der Waals surface area contributed by atoms with Crippen molar-refractivity contribution in [3.8, 4) is 62.6 Å². The van der Waals surface area contributed by atoms with Crippen molar-refractivity contribution in [2.24, 2.45) is 23.7 Å². The molecule has 0 atom stereocenters. The minimum Gasteiger partial charge on any atom is -0.264 e. The molecule has 5 aliphatic rings. The molecule has 48 heavy (non-hydrogen) atoms. The fourth-order valence-corrected chi connectivity index (χ4v) is 9.95. The van der Waals surface area contributed by atoms with Crippen molar-refractivity contribution in [2.75, 3.05) is 0 Å². The third-order valence-corrected chi connectivity index (χ3v) is 11.7. The van der Waals surface area contributed by atoms with Gasteiger partial charge in [-0.2, -0.15) is 5.26 Å². The summed E-state index contributed by atoms with van der Waals surface area (Å²) in [4.78, 5) is 24.5. The zero-order chi connectivity index (χ0) is 31.8. The molecule has 11 rings (SSSR count). The largest absolute Gasteiger partial charge is 0.264 e. The highest BCUT2D eigenvalue weighted by Crippen LogP contribution is 2.69. The number of rotatable bonds is 4. The molecule has 3 heterocycles. The number of aromatic nitrogens is 5. The summed E-state index contributed by atoms with van der Waals surface area (Å²) >= 11 is 0. The highest BCUT2D eigenvalue weighted by atomic mass is 15.0. The Kier molecular flexibility index (Phi) is 6.02. The van der Waals surface area contributed by atoms with Crippen LogP contribution in [0.2, 0.25) is 0 Å². The van der Waals surface area contributed by atoms with Crippen LogP contribution in [0.1, 0.15) is 48.8 Å². The average molecular weight is 621 g/mol. The molecule has 1 spiro atoms. The molecule has 4 fully saturated rings. The normalized spacial score (nSPS) is 24.3. The molecule has 4 bridgehead atoms. The highest BCUT2D eigenvalue weighted by Gasteiger charge is 2.61. The van der Waals surface area contributed by atoms with E-state index in [1.165, 1.54) is 54.4 Å². The van der Waals surface area contributed by atoms with Crippen LogP contribution in [0.5, 0.6) is 0 Å². The molecule has 0 amide bonds. The van der Waals surface area contributed by atoms with Gasteiger partial charge in [-0.3, -0.25) is 9.97 Å². The minimum absolute atomic E-state index is 0.0606. The maximum Gasteiger partial charge on any atom is 0.164 e. The average Bonchev–Trinajstić information content (AvgIpc) is 3.44. The third-order valence-electron chi connectivity index (χ3n) is 11.7. The van der Waals surface area contributed by atoms with Gasteiger partial charge in [-0.1, -0.05) is 48.5 Å². The number of nitrogens with zero attached hydrogens (tertiary/aromatic N) is 6. The summed E-state index contributed by atoms with van der Waals surface area (Å²) in [6.45, 7) is 0. The number of fused-ring (bicyclic) bond motifs is 3. The molecule has 0 unspecified atom stereocenters. The molecule has 3 aromatic carbocycles. The van der Waals surface area contributed by atoms with Crippen LogP contribution in [-0.2, 0) is 5.41 Å². The Hall–Kier alpha value is -5.54. The van der Waals surface area contributed by atoms with Gasteiger partial charge in [0.15, 0.2) is 17.5 Å². The third kappa shape index (κ3) is 4.07. The predicted molar refractivity (Wildman–Crippen MR) is 185 cm³/mol. The van der Waals surface area contributed by atoms with Crippen LogP contribution in [0.15, 0.2) is 110 Å². The van der Waals surface area contributed by atoms with Crippen molar-refractivity contribution in [1.82, 2.24) is 24.9 Å².